The Morgan fingerprint density at radius 1 is 1.23 bits per heavy atom. The third kappa shape index (κ3) is 2.22. The normalized spacial score (nSPS) is 22.3. The van der Waals surface area contributed by atoms with Crippen LogP contribution in [0.2, 0.25) is 0 Å². The van der Waals surface area contributed by atoms with Crippen LogP contribution in [-0.2, 0) is 6.42 Å². The number of hydrogen-bond donors (Lipinski definition) is 2. The lowest BCUT2D eigenvalue weighted by Crippen LogP contribution is -2.39. The third-order valence-corrected chi connectivity index (χ3v) is 5.77. The molecule has 1 aromatic carbocycles. The van der Waals surface area contributed by atoms with Crippen molar-refractivity contribution >= 4 is 16.8 Å². The van der Waals surface area contributed by atoms with E-state index in [0.29, 0.717) is 22.2 Å². The van der Waals surface area contributed by atoms with Crippen LogP contribution in [0.3, 0.4) is 0 Å². The lowest BCUT2D eigenvalue weighted by molar-refractivity contribution is 0.161. The number of phenols is 1. The summed E-state index contributed by atoms with van der Waals surface area (Å²) in [5, 5.41) is 30.5. The van der Waals surface area contributed by atoms with Crippen LogP contribution in [0.1, 0.15) is 30.4 Å². The minimum atomic E-state index is -0.280. The number of fused-ring (bicyclic) bond motifs is 2. The van der Waals surface area contributed by atoms with Crippen LogP contribution < -0.4 is 4.90 Å². The van der Waals surface area contributed by atoms with Gasteiger partial charge in [0.2, 0.25) is 0 Å². The lowest BCUT2D eigenvalue weighted by Gasteiger charge is -2.28. The number of aliphatic hydroxyl groups is 1. The number of anilines is 1. The molecule has 1 aliphatic carbocycles. The molecule has 1 saturated carbocycles. The van der Waals surface area contributed by atoms with Gasteiger partial charge in [0, 0.05) is 17.7 Å². The van der Waals surface area contributed by atoms with Crippen molar-refractivity contribution in [1.82, 2.24) is 10.2 Å². The first-order valence-corrected chi connectivity index (χ1v) is 9.15. The van der Waals surface area contributed by atoms with Crippen LogP contribution >= 0.6 is 0 Å². The van der Waals surface area contributed by atoms with E-state index < -0.39 is 0 Å². The predicted molar refractivity (Wildman–Crippen MR) is 98.3 cm³/mol. The van der Waals surface area contributed by atoms with Crippen LogP contribution in [0, 0.1) is 6.92 Å². The minimum Gasteiger partial charge on any atom is -0.506 e. The number of hydrogen-bond acceptors (Lipinski definition) is 6. The summed E-state index contributed by atoms with van der Waals surface area (Å²) in [5.74, 6) is 1.06. The Kier molecular flexibility index (Phi) is 3.43. The second-order valence-corrected chi connectivity index (χ2v) is 7.34. The maximum absolute atomic E-state index is 10.7. The summed E-state index contributed by atoms with van der Waals surface area (Å²) in [4.78, 5) is 2.20. The van der Waals surface area contributed by atoms with Gasteiger partial charge in [-0.15, -0.1) is 10.2 Å². The highest BCUT2D eigenvalue weighted by Crippen LogP contribution is 2.40. The summed E-state index contributed by atoms with van der Waals surface area (Å²) in [6.45, 7) is 2.80. The summed E-state index contributed by atoms with van der Waals surface area (Å²) >= 11 is 0. The van der Waals surface area contributed by atoms with Crippen molar-refractivity contribution in [3.05, 3.63) is 35.6 Å². The Hall–Kier alpha value is -2.60. The number of rotatable bonds is 2. The number of aliphatic hydroxyl groups excluding tert-OH is 1. The number of aryl methyl sites for hydroxylation is 1. The number of benzene rings is 1. The van der Waals surface area contributed by atoms with Crippen LogP contribution in [-0.4, -0.2) is 39.1 Å². The molecule has 1 aliphatic heterocycles. The molecule has 0 radical (unpaired) electrons. The van der Waals surface area contributed by atoms with E-state index in [9.17, 15) is 10.2 Å². The lowest BCUT2D eigenvalue weighted by atomic mass is 10.0. The molecule has 2 atom stereocenters. The number of aromatic hydroxyl groups is 1. The van der Waals surface area contributed by atoms with Crippen LogP contribution in [0.25, 0.3) is 22.2 Å². The molecule has 2 N–H and O–H groups in total. The van der Waals surface area contributed by atoms with E-state index in [1.54, 1.807) is 12.3 Å². The molecule has 2 aliphatic rings. The molecule has 6 nitrogen and oxygen atoms in total. The topological polar surface area (TPSA) is 82.6 Å². The first-order chi connectivity index (χ1) is 12.6. The summed E-state index contributed by atoms with van der Waals surface area (Å²) in [6.07, 6.45) is 5.10. The zero-order valence-corrected chi connectivity index (χ0v) is 14.6. The molecular weight excluding hydrogens is 330 g/mol. The third-order valence-electron chi connectivity index (χ3n) is 5.77. The first kappa shape index (κ1) is 15.6. The van der Waals surface area contributed by atoms with Gasteiger partial charge in [0.05, 0.1) is 29.5 Å². The molecule has 0 spiro atoms. The van der Waals surface area contributed by atoms with E-state index >= 15 is 0 Å². The smallest absolute Gasteiger partial charge is 0.154 e. The van der Waals surface area contributed by atoms with E-state index in [2.05, 4.69) is 15.1 Å². The van der Waals surface area contributed by atoms with E-state index in [1.165, 1.54) is 0 Å². The molecule has 134 valence electrons. The second kappa shape index (κ2) is 5.71. The van der Waals surface area contributed by atoms with Crippen LogP contribution in [0.15, 0.2) is 28.9 Å². The minimum absolute atomic E-state index is 0.147. The van der Waals surface area contributed by atoms with Gasteiger partial charge in [0.25, 0.3) is 0 Å². The Morgan fingerprint density at radius 2 is 2.12 bits per heavy atom. The summed E-state index contributed by atoms with van der Waals surface area (Å²) in [6, 6.07) is 5.85. The zero-order chi connectivity index (χ0) is 17.8. The molecule has 3 heterocycles. The van der Waals surface area contributed by atoms with E-state index in [0.717, 1.165) is 49.2 Å². The fraction of sp³-hybridized carbons (Fsp3) is 0.400. The SMILES string of the molecule is Cc1cc2occc2c(O)c1-c1cc2c(nn1)N([C@@H]1CCC[C@H]1O)CC2. The Morgan fingerprint density at radius 3 is 2.92 bits per heavy atom. The highest BCUT2D eigenvalue weighted by molar-refractivity contribution is 5.93. The van der Waals surface area contributed by atoms with Crippen molar-refractivity contribution in [3.8, 4) is 17.0 Å². The molecule has 1 fully saturated rings. The molecule has 0 unspecified atom stereocenters. The predicted octanol–water partition coefficient (Wildman–Crippen LogP) is 3.18. The number of nitrogens with zero attached hydrogens (tertiary/aromatic N) is 3. The standard InChI is InChI=1S/C20H21N3O3/c1-11-9-17-13(6-8-26-17)19(25)18(11)14-10-12-5-7-23(20(12)22-21-14)15-3-2-4-16(15)24/h6,8-10,15-16,24-25H,2-5,7H2,1H3/t15-,16-/m1/s1. The number of phenolic OH excluding ortho intramolecular Hbond substituents is 1. The maximum Gasteiger partial charge on any atom is 0.154 e. The molecule has 0 bridgehead atoms. The highest BCUT2D eigenvalue weighted by Gasteiger charge is 2.35. The van der Waals surface area contributed by atoms with Gasteiger partial charge in [0.15, 0.2) is 5.82 Å². The van der Waals surface area contributed by atoms with E-state index in [1.807, 2.05) is 19.1 Å². The zero-order valence-electron chi connectivity index (χ0n) is 14.6. The van der Waals surface area contributed by atoms with E-state index in [-0.39, 0.29) is 17.9 Å². The van der Waals surface area contributed by atoms with Crippen LogP contribution in [0.4, 0.5) is 5.82 Å². The molecule has 0 amide bonds. The molecule has 2 aromatic heterocycles. The fourth-order valence-corrected chi connectivity index (χ4v) is 4.47. The van der Waals surface area contributed by atoms with Crippen molar-refractivity contribution in [2.45, 2.75) is 44.8 Å². The van der Waals surface area contributed by atoms with Crippen molar-refractivity contribution in [3.63, 3.8) is 0 Å². The molecule has 0 saturated heterocycles. The van der Waals surface area contributed by atoms with Crippen molar-refractivity contribution in [2.75, 3.05) is 11.4 Å². The van der Waals surface area contributed by atoms with Crippen molar-refractivity contribution < 1.29 is 14.6 Å². The molecule has 5 rings (SSSR count). The van der Waals surface area contributed by atoms with Gasteiger partial charge in [0.1, 0.15) is 11.3 Å². The van der Waals surface area contributed by atoms with Gasteiger partial charge >= 0.3 is 0 Å². The van der Waals surface area contributed by atoms with Gasteiger partial charge in [-0.2, -0.15) is 0 Å². The number of furan rings is 1. The van der Waals surface area contributed by atoms with Crippen molar-refractivity contribution in [1.29, 1.82) is 0 Å². The number of aromatic nitrogens is 2. The Balaban J connectivity index is 1.57. The van der Waals surface area contributed by atoms with Gasteiger partial charge < -0.3 is 19.5 Å². The Bertz CT molecular complexity index is 997. The largest absolute Gasteiger partial charge is 0.506 e. The summed E-state index contributed by atoms with van der Waals surface area (Å²) in [5.41, 5.74) is 4.07. The maximum atomic E-state index is 10.7. The first-order valence-electron chi connectivity index (χ1n) is 9.15. The molecule has 3 aromatic rings. The van der Waals surface area contributed by atoms with Crippen LogP contribution in [0.5, 0.6) is 5.75 Å². The summed E-state index contributed by atoms with van der Waals surface area (Å²) in [7, 11) is 0. The van der Waals surface area contributed by atoms with Crippen molar-refractivity contribution in [2.24, 2.45) is 0 Å². The van der Waals surface area contributed by atoms with Gasteiger partial charge in [-0.1, -0.05) is 0 Å². The molecule has 26 heavy (non-hydrogen) atoms. The monoisotopic (exact) mass is 351 g/mol. The van der Waals surface area contributed by atoms with Gasteiger partial charge in [-0.25, -0.2) is 0 Å². The fourth-order valence-electron chi connectivity index (χ4n) is 4.47. The quantitative estimate of drug-likeness (QED) is 0.738. The average Bonchev–Trinajstić information content (AvgIpc) is 3.33. The van der Waals surface area contributed by atoms with Gasteiger partial charge in [-0.05, 0) is 56.4 Å². The highest BCUT2D eigenvalue weighted by atomic mass is 16.3. The molecule has 6 heteroatoms. The summed E-state index contributed by atoms with van der Waals surface area (Å²) < 4.78 is 5.40. The van der Waals surface area contributed by atoms with Gasteiger partial charge in [-0.3, -0.25) is 0 Å². The Labute approximate surface area is 151 Å². The molecular formula is C20H21N3O3. The average molecular weight is 351 g/mol. The van der Waals surface area contributed by atoms with E-state index in [4.69, 9.17) is 4.42 Å². The second-order valence-electron chi connectivity index (χ2n) is 7.34.